The smallest absolute Gasteiger partial charge is 1.00 e. The van der Waals surface area contributed by atoms with Crippen molar-refractivity contribution in [1.29, 1.82) is 0 Å². The number of aliphatic imine (C=N–C) groups is 2. The van der Waals surface area contributed by atoms with E-state index >= 15 is 0 Å². The minimum Gasteiger partial charge on any atom is -1.00 e. The molecule has 0 radical (unpaired) electrons. The van der Waals surface area contributed by atoms with E-state index in [1.54, 1.807) is 112 Å². The molecule has 1 amide bonds. The number of halogens is 10. The zero-order chi connectivity index (χ0) is 87.7. The number of aryl methyl sites for hydroxylation is 10. The zero-order valence-electron chi connectivity index (χ0n) is 72.5. The van der Waals surface area contributed by atoms with Gasteiger partial charge in [0, 0.05) is 26.8 Å². The number of nitrogens with one attached hydrogen (secondary N) is 1. The van der Waals surface area contributed by atoms with Gasteiger partial charge in [0.2, 0.25) is 6.29 Å². The summed E-state index contributed by atoms with van der Waals surface area (Å²) in [5, 5.41) is 28.9. The van der Waals surface area contributed by atoms with Gasteiger partial charge in [0.05, 0.1) is 58.6 Å². The number of rotatable bonds is 21. The average Bonchev–Trinajstić information content (AvgIpc) is 1.71. The van der Waals surface area contributed by atoms with Gasteiger partial charge in [-0.05, 0) is 174 Å². The summed E-state index contributed by atoms with van der Waals surface area (Å²) >= 11 is 7.81. The average molecular weight is 1940 g/mol. The van der Waals surface area contributed by atoms with E-state index in [0.29, 0.717) is 37.2 Å². The fourth-order valence-electron chi connectivity index (χ4n) is 7.25. The SMILES string of the molecule is C.C.C.C.C.C.CC(=O)O/C=C\C(C)n1nc(C)nc1C.CC1=NC(C)=NC1.CCOC(=O)C(C)Br.CCOC(=O)C(C)n1nc(C)nc1C.CNCl.CO.COC(=O)C[P+](=O)OCC(F)(F)F.CON(C)C(=O)C(C)n1nc(C)nc1C.C[CH-]C.Cc1nc(C)n(C(C)/C=C\OC=O)n1.Cc1nc(C)n(C(C)C=O)n1.O.O=CC(F)(F)F.[Cl-].[Cl-].[Li+].[Li+].[Mg+2].[OH-]. The minimum absolute atomic E-state index is 0. The number of ether oxygens (including phenoxy) is 5. The van der Waals surface area contributed by atoms with Gasteiger partial charge in [-0.25, -0.2) is 72.8 Å². The number of nitrogens with zero attached hydrogens (tertiary/aromatic N) is 18. The third-order valence-corrected chi connectivity index (χ3v) is 13.1. The third-order valence-electron chi connectivity index (χ3n) is 11.8. The van der Waals surface area contributed by atoms with Gasteiger partial charge >= 0.3 is 105 Å². The number of hydroxylamine groups is 2. The molecule has 38 nitrogen and oxygen atoms in total. The largest absolute Gasteiger partial charge is 2.00 e. The fraction of sp³-hybridized carbons (Fsp3) is 0.653. The first-order valence-electron chi connectivity index (χ1n) is 33.1. The van der Waals surface area contributed by atoms with Crippen molar-refractivity contribution in [1.82, 2.24) is 83.7 Å². The van der Waals surface area contributed by atoms with E-state index in [-0.39, 0.29) is 188 Å². The monoisotopic (exact) mass is 1940 g/mol. The van der Waals surface area contributed by atoms with E-state index in [9.17, 15) is 64.5 Å². The molecule has 1 aliphatic heterocycles. The van der Waals surface area contributed by atoms with Crippen molar-refractivity contribution < 1.29 is 181 Å². The number of aromatic nitrogens is 15. The van der Waals surface area contributed by atoms with Crippen LogP contribution in [0.2, 0.25) is 0 Å². The van der Waals surface area contributed by atoms with Gasteiger partial charge in [-0.15, -0.1) is 4.52 Å². The van der Waals surface area contributed by atoms with Crippen molar-refractivity contribution in [2.45, 2.75) is 251 Å². The summed E-state index contributed by atoms with van der Waals surface area (Å²) in [5.41, 5.74) is 1.12. The third kappa shape index (κ3) is 83.6. The molecule has 5 N–H and O–H groups in total. The Morgan fingerprint density at radius 3 is 1.17 bits per heavy atom. The van der Waals surface area contributed by atoms with Crippen LogP contribution in [-0.2, 0) is 76.0 Å². The number of allylic oxidation sites excluding steroid dienone is 2. The van der Waals surface area contributed by atoms with Gasteiger partial charge in [-0.3, -0.25) is 33.8 Å². The van der Waals surface area contributed by atoms with E-state index in [4.69, 9.17) is 36.0 Å². The number of esters is 4. The number of carbonyl (C=O) groups excluding carboxylic acids is 8. The van der Waals surface area contributed by atoms with Crippen LogP contribution in [0.15, 0.2) is 34.7 Å². The van der Waals surface area contributed by atoms with Crippen molar-refractivity contribution >= 4 is 119 Å². The van der Waals surface area contributed by atoms with Crippen molar-refractivity contribution in [3.05, 3.63) is 89.3 Å². The second-order valence-electron chi connectivity index (χ2n) is 21.7. The number of aliphatic hydroxyl groups is 1. The van der Waals surface area contributed by atoms with E-state index in [0.717, 1.165) is 79.4 Å². The van der Waals surface area contributed by atoms with Crippen molar-refractivity contribution in [2.75, 3.05) is 68.0 Å². The molecule has 1 aliphatic rings. The molecule has 0 aromatic carbocycles. The summed E-state index contributed by atoms with van der Waals surface area (Å²) in [5.74, 6) is 6.48. The topological polar surface area (TPSA) is 494 Å². The summed E-state index contributed by atoms with van der Waals surface area (Å²) in [4.78, 5) is 119. The molecule has 0 fully saturated rings. The van der Waals surface area contributed by atoms with E-state index in [2.05, 4.69) is 99.9 Å². The fourth-order valence-corrected chi connectivity index (χ4v) is 8.10. The molecule has 0 saturated carbocycles. The van der Waals surface area contributed by atoms with Crippen LogP contribution in [0.5, 0.6) is 0 Å². The molecule has 6 heterocycles. The Morgan fingerprint density at radius 1 is 0.629 bits per heavy atom. The number of amides is 1. The first-order chi connectivity index (χ1) is 51.5. The van der Waals surface area contributed by atoms with Gasteiger partial charge in [-0.2, -0.15) is 65.7 Å². The van der Waals surface area contributed by atoms with Crippen LogP contribution in [0.4, 0.5) is 26.3 Å². The van der Waals surface area contributed by atoms with Crippen molar-refractivity contribution in [3.8, 4) is 0 Å². The molecular formula is C72H137BrCl3F6Li2MgN19O19P+. The van der Waals surface area contributed by atoms with Crippen molar-refractivity contribution in [3.63, 3.8) is 0 Å². The molecule has 0 bridgehead atoms. The quantitative estimate of drug-likeness (QED) is 0.00881. The zero-order valence-corrected chi connectivity index (χ0v) is 78.7. The van der Waals surface area contributed by atoms with E-state index in [1.165, 1.54) is 31.6 Å². The standard InChI is InChI=1S/C10H15N3O2.C9H16N4O2.C9H13N3O2.C9H15N3O2.C7H11N3O.C5H9BrO2.C5H7F3O4P.C5H8N2.C3H7.C2HF3O.CH4ClN.CH4O.6CH4.2ClH.2Li.Mg.2H2O/c1-7(5-6-15-10(4)14)13-9(3)11-8(2)12-13;1-6(9(14)12(4)15-5)13-8(3)10-7(2)11-13;1-7(4-5-14-6-13)12-9(3)10-8(2)11-12;1-5-14-9(13)6(2)12-8(4)10-7(3)11-12;1-5(4-11)10-7(3)8-6(2)9-10;1-3-8-5(7)4(2)6;1-11-4(9)2-13(10)12-3-5(6,7)8;1-4-3-6-5(2)7-4;1-3-2;3-2(4,5)1-6;1-3-2;1-2;;;;;;;;;;;;;/h5-7H,1-4H3;6H,1-5H3;4-7H,1-3H3;6H,5H2,1-4H3;4-5H,1-3H3;4H,3H2,1-2H3;2-3H2,1H3;3H2,1-2H3;3H,1-2H3;1H;3H,1H3;2H,1H3;6*1H4;2*1H;;;;2*1H2/q;;;;;;+1;;-1;;;;;;;;;;;;2*+1;+2;;/p-3/b6-5-;;5-4-;;;;;;;;;;;;;;;;;;;;;;. The minimum atomic E-state index is -4.64. The molecule has 6 rings (SSSR count). The Balaban J connectivity index is -0.0000000580. The first kappa shape index (κ1) is 164. The molecule has 0 spiro atoms. The molecule has 712 valence electrons. The van der Waals surface area contributed by atoms with Gasteiger partial charge in [0.1, 0.15) is 93.3 Å². The molecule has 5 aromatic rings. The van der Waals surface area contributed by atoms with E-state index < -0.39 is 57.5 Å². The van der Waals surface area contributed by atoms with Gasteiger partial charge < -0.3 is 75.8 Å². The molecule has 52 heteroatoms. The summed E-state index contributed by atoms with van der Waals surface area (Å²) < 4.78 is 111. The summed E-state index contributed by atoms with van der Waals surface area (Å²) in [6, 6.07) is -0.981. The van der Waals surface area contributed by atoms with Gasteiger partial charge in [0.25, 0.3) is 18.5 Å². The summed E-state index contributed by atoms with van der Waals surface area (Å²) in [6.07, 6.45) is -1.85. The van der Waals surface area contributed by atoms with Gasteiger partial charge in [-0.1, -0.05) is 60.5 Å². The van der Waals surface area contributed by atoms with E-state index in [1.807, 2.05) is 96.4 Å². The predicted octanol–water partition coefficient (Wildman–Crippen LogP) is 0.914. The number of hydrogen-bond donors (Lipinski definition) is 2. The second kappa shape index (κ2) is 94.1. The van der Waals surface area contributed by atoms with Crippen LogP contribution in [0.1, 0.15) is 223 Å². The van der Waals surface area contributed by atoms with Crippen LogP contribution in [0.25, 0.3) is 0 Å². The van der Waals surface area contributed by atoms with Crippen LogP contribution < -0.4 is 67.4 Å². The number of hydrogen-bond acceptors (Lipinski definition) is 31. The number of aldehydes is 2. The molecule has 124 heavy (non-hydrogen) atoms. The maximum absolute atomic E-state index is 11.7. The number of aliphatic hydroxyl groups excluding tert-OH is 1. The van der Waals surface area contributed by atoms with Gasteiger partial charge in [0.15, 0.2) is 6.61 Å². The van der Waals surface area contributed by atoms with Crippen LogP contribution in [0, 0.1) is 75.7 Å². The maximum Gasteiger partial charge on any atom is 2.00 e. The van der Waals surface area contributed by atoms with Crippen molar-refractivity contribution in [2.24, 2.45) is 9.98 Å². The number of likely N-dealkylation sites (N-methyl/N-ethyl adjacent to an activating group) is 1. The first-order valence-corrected chi connectivity index (χ1v) is 35.8. The molecule has 0 saturated heterocycles. The summed E-state index contributed by atoms with van der Waals surface area (Å²) in [6.45, 7) is 42.4. The maximum atomic E-state index is 11.7. The molecule has 0 aliphatic carbocycles. The Labute approximate surface area is 796 Å². The Morgan fingerprint density at radius 2 is 0.944 bits per heavy atom. The Bertz CT molecular complexity index is 3670. The Kier molecular flexibility index (Phi) is 125. The molecule has 5 aromatic heterocycles. The number of amidine groups is 1. The predicted molar refractivity (Wildman–Crippen MR) is 456 cm³/mol. The number of carbonyl (C=O) groups is 8. The number of alkyl halides is 7. The Hall–Kier alpha value is -6.57. The second-order valence-corrected chi connectivity index (χ2v) is 24.7. The normalized spacial score (nSPS) is 11.2. The molecular weight excluding hydrogens is 1800 g/mol. The van der Waals surface area contributed by atoms with Crippen LogP contribution in [-0.4, -0.2) is 264 Å². The van der Waals surface area contributed by atoms with Crippen LogP contribution in [0.3, 0.4) is 0 Å². The number of methoxy groups -OCH3 is 1. The van der Waals surface area contributed by atoms with Crippen LogP contribution >= 0.6 is 35.7 Å². The summed E-state index contributed by atoms with van der Waals surface area (Å²) in [7, 11) is 4.06. The molecule has 7 unspecified atom stereocenters. The molecule has 7 atom stereocenters.